The van der Waals surface area contributed by atoms with E-state index >= 15 is 0 Å². The van der Waals surface area contributed by atoms with Crippen LogP contribution in [0.3, 0.4) is 0 Å². The lowest BCUT2D eigenvalue weighted by molar-refractivity contribution is -0.209. The third kappa shape index (κ3) is 6.93. The fraction of sp³-hybridized carbons (Fsp3) is 0.765. The molecule has 7 heteroatoms. The first-order valence-corrected chi connectivity index (χ1v) is 8.39. The Hall–Kier alpha value is -0.890. The van der Waals surface area contributed by atoms with E-state index in [1.165, 1.54) is 0 Å². The highest BCUT2D eigenvalue weighted by Gasteiger charge is 2.30. The maximum absolute atomic E-state index is 12.1. The minimum Gasteiger partial charge on any atom is -0.373 e. The molecule has 4 nitrogen and oxygen atoms in total. The normalized spacial score (nSPS) is 28.0. The van der Waals surface area contributed by atoms with E-state index in [-0.39, 0.29) is 6.10 Å². The monoisotopic (exact) mass is 350 g/mol. The van der Waals surface area contributed by atoms with Crippen molar-refractivity contribution in [2.45, 2.75) is 57.3 Å². The van der Waals surface area contributed by atoms with Crippen molar-refractivity contribution >= 4 is 0 Å². The predicted octanol–water partition coefficient (Wildman–Crippen LogP) is 3.77. The maximum Gasteiger partial charge on any atom is 0.411 e. The minimum atomic E-state index is -4.31. The van der Waals surface area contributed by atoms with Crippen LogP contribution in [0.4, 0.5) is 13.2 Å². The van der Waals surface area contributed by atoms with Gasteiger partial charge in [-0.25, -0.2) is 0 Å². The summed E-state index contributed by atoms with van der Waals surface area (Å²) in [5.74, 6) is 0. The zero-order valence-corrected chi connectivity index (χ0v) is 13.9. The fourth-order valence-corrected chi connectivity index (χ4v) is 2.49. The average molecular weight is 350 g/mol. The molecule has 0 saturated carbocycles. The molecule has 0 N–H and O–H groups in total. The molecule has 0 spiro atoms. The van der Waals surface area contributed by atoms with Gasteiger partial charge in [0.2, 0.25) is 0 Å². The number of ether oxygens (including phenoxy) is 4. The summed E-state index contributed by atoms with van der Waals surface area (Å²) in [6.45, 7) is 2.52. The van der Waals surface area contributed by atoms with Crippen molar-refractivity contribution in [3.8, 4) is 0 Å². The summed E-state index contributed by atoms with van der Waals surface area (Å²) >= 11 is 0. The summed E-state index contributed by atoms with van der Waals surface area (Å²) in [4.78, 5) is 0. The zero-order valence-electron chi connectivity index (χ0n) is 13.9. The second kappa shape index (κ2) is 9.56. The molecule has 138 valence electrons. The van der Waals surface area contributed by atoms with Crippen LogP contribution in [0.5, 0.6) is 0 Å². The molecule has 1 unspecified atom stereocenters. The van der Waals surface area contributed by atoms with Gasteiger partial charge in [0.1, 0.15) is 12.7 Å². The highest BCUT2D eigenvalue weighted by Crippen LogP contribution is 2.24. The lowest BCUT2D eigenvalue weighted by Gasteiger charge is -2.31. The van der Waals surface area contributed by atoms with Gasteiger partial charge in [-0.2, -0.15) is 13.2 Å². The topological polar surface area (TPSA) is 36.9 Å². The van der Waals surface area contributed by atoms with Crippen LogP contribution in [0.25, 0.3) is 0 Å². The van der Waals surface area contributed by atoms with Gasteiger partial charge >= 0.3 is 6.18 Å². The van der Waals surface area contributed by atoms with Crippen molar-refractivity contribution in [2.75, 3.05) is 26.4 Å². The summed E-state index contributed by atoms with van der Waals surface area (Å²) in [6, 6.07) is 0. The molecule has 0 bridgehead atoms. The first kappa shape index (κ1) is 19.4. The molecule has 1 aliphatic heterocycles. The van der Waals surface area contributed by atoms with Crippen molar-refractivity contribution in [1.82, 2.24) is 0 Å². The first-order valence-electron chi connectivity index (χ1n) is 8.39. The Morgan fingerprint density at radius 1 is 1.17 bits per heavy atom. The molecule has 0 aromatic rings. The van der Waals surface area contributed by atoms with Crippen molar-refractivity contribution < 1.29 is 32.1 Å². The van der Waals surface area contributed by atoms with Gasteiger partial charge in [-0.05, 0) is 12.8 Å². The third-order valence-corrected chi connectivity index (χ3v) is 3.79. The summed E-state index contributed by atoms with van der Waals surface area (Å²) in [7, 11) is 0. The maximum atomic E-state index is 12.1. The minimum absolute atomic E-state index is 0.0610. The average Bonchev–Trinajstić information content (AvgIpc) is 2.57. The van der Waals surface area contributed by atoms with Crippen molar-refractivity contribution in [2.24, 2.45) is 0 Å². The molecule has 1 atom stereocenters. The highest BCUT2D eigenvalue weighted by molar-refractivity contribution is 5.27. The van der Waals surface area contributed by atoms with E-state index < -0.39 is 25.2 Å². The van der Waals surface area contributed by atoms with Crippen LogP contribution in [-0.4, -0.2) is 51.1 Å². The molecule has 2 rings (SSSR count). The molecule has 1 heterocycles. The lowest BCUT2D eigenvalue weighted by Crippen LogP contribution is -2.38. The third-order valence-electron chi connectivity index (χ3n) is 3.79. The van der Waals surface area contributed by atoms with Gasteiger partial charge in [0.25, 0.3) is 0 Å². The first-order chi connectivity index (χ1) is 11.5. The Morgan fingerprint density at radius 2 is 1.92 bits per heavy atom. The Morgan fingerprint density at radius 3 is 2.50 bits per heavy atom. The highest BCUT2D eigenvalue weighted by atomic mass is 19.4. The molecule has 1 saturated heterocycles. The van der Waals surface area contributed by atoms with E-state index in [2.05, 4.69) is 6.92 Å². The molecule has 1 fully saturated rings. The number of halogens is 3. The SMILES string of the molecule is CCCCCOC1COC(C2=CCC(OCC(F)(F)F)C=C2)OC1. The van der Waals surface area contributed by atoms with Crippen LogP contribution in [0.2, 0.25) is 0 Å². The molecule has 0 radical (unpaired) electrons. The van der Waals surface area contributed by atoms with E-state index in [1.54, 1.807) is 18.2 Å². The van der Waals surface area contributed by atoms with Gasteiger partial charge in [0, 0.05) is 12.2 Å². The molecule has 0 aromatic heterocycles. The van der Waals surface area contributed by atoms with Crippen LogP contribution in [0.1, 0.15) is 32.6 Å². The Labute approximate surface area is 140 Å². The molecule has 0 amide bonds. The number of rotatable bonds is 8. The number of hydrogen-bond donors (Lipinski definition) is 0. The van der Waals surface area contributed by atoms with Gasteiger partial charge in [0.15, 0.2) is 6.29 Å². The van der Waals surface area contributed by atoms with Gasteiger partial charge < -0.3 is 18.9 Å². The van der Waals surface area contributed by atoms with Crippen LogP contribution in [0, 0.1) is 0 Å². The lowest BCUT2D eigenvalue weighted by atomic mass is 10.0. The van der Waals surface area contributed by atoms with Crippen LogP contribution in [-0.2, 0) is 18.9 Å². The Kier molecular flexibility index (Phi) is 7.74. The summed E-state index contributed by atoms with van der Waals surface area (Å²) in [6.07, 6.45) is 3.41. The summed E-state index contributed by atoms with van der Waals surface area (Å²) in [5.41, 5.74) is 0.811. The van der Waals surface area contributed by atoms with E-state index in [0.717, 1.165) is 24.8 Å². The van der Waals surface area contributed by atoms with Gasteiger partial charge in [-0.1, -0.05) is 38.0 Å². The van der Waals surface area contributed by atoms with E-state index in [4.69, 9.17) is 18.9 Å². The molecule has 1 aliphatic carbocycles. The van der Waals surface area contributed by atoms with Crippen molar-refractivity contribution in [1.29, 1.82) is 0 Å². The van der Waals surface area contributed by atoms with E-state index in [9.17, 15) is 13.2 Å². The van der Waals surface area contributed by atoms with Gasteiger partial charge in [-0.3, -0.25) is 0 Å². The molecule has 0 aromatic carbocycles. The molecular weight excluding hydrogens is 325 g/mol. The summed E-state index contributed by atoms with van der Waals surface area (Å²) in [5, 5.41) is 0. The van der Waals surface area contributed by atoms with Crippen LogP contribution < -0.4 is 0 Å². The Balaban J connectivity index is 1.66. The number of unbranched alkanes of at least 4 members (excludes halogenated alkanes) is 2. The van der Waals surface area contributed by atoms with Gasteiger partial charge in [0.05, 0.1) is 19.3 Å². The van der Waals surface area contributed by atoms with Crippen LogP contribution in [0.15, 0.2) is 23.8 Å². The molecule has 24 heavy (non-hydrogen) atoms. The van der Waals surface area contributed by atoms with Crippen LogP contribution >= 0.6 is 0 Å². The number of alkyl halides is 3. The van der Waals surface area contributed by atoms with Crippen molar-refractivity contribution in [3.63, 3.8) is 0 Å². The zero-order chi connectivity index (χ0) is 17.4. The molecular formula is C17H25F3O4. The quantitative estimate of drug-likeness (QED) is 0.625. The fourth-order valence-electron chi connectivity index (χ4n) is 2.49. The largest absolute Gasteiger partial charge is 0.411 e. The van der Waals surface area contributed by atoms with Crippen molar-refractivity contribution in [3.05, 3.63) is 23.8 Å². The van der Waals surface area contributed by atoms with E-state index in [0.29, 0.717) is 26.2 Å². The van der Waals surface area contributed by atoms with Gasteiger partial charge in [-0.15, -0.1) is 0 Å². The molecule has 2 aliphatic rings. The number of hydrogen-bond acceptors (Lipinski definition) is 4. The second-order valence-corrected chi connectivity index (χ2v) is 5.96. The van der Waals surface area contributed by atoms with E-state index in [1.807, 2.05) is 0 Å². The smallest absolute Gasteiger partial charge is 0.373 e. The predicted molar refractivity (Wildman–Crippen MR) is 82.6 cm³/mol. The second-order valence-electron chi connectivity index (χ2n) is 5.96. The standard InChI is InChI=1S/C17H25F3O4/c1-2-3-4-9-21-15-10-22-16(23-11-15)13-5-7-14(8-6-13)24-12-17(18,19)20/h5-7,14-16H,2-4,8-12H2,1H3. The Bertz CT molecular complexity index is 426. The summed E-state index contributed by atoms with van der Waals surface area (Å²) < 4.78 is 58.2.